The fourth-order valence-corrected chi connectivity index (χ4v) is 3.22. The molecule has 7 nitrogen and oxygen atoms in total. The number of hydrogen-bond donors (Lipinski definition) is 2. The van der Waals surface area contributed by atoms with Crippen molar-refractivity contribution in [1.82, 2.24) is 4.98 Å². The highest BCUT2D eigenvalue weighted by molar-refractivity contribution is 6.30. The van der Waals surface area contributed by atoms with Gasteiger partial charge in [0.2, 0.25) is 11.8 Å². The van der Waals surface area contributed by atoms with Crippen molar-refractivity contribution in [3.05, 3.63) is 75.9 Å². The third-order valence-corrected chi connectivity index (χ3v) is 4.75. The first-order valence-corrected chi connectivity index (χ1v) is 10.1. The summed E-state index contributed by atoms with van der Waals surface area (Å²) in [5, 5.41) is 15.0. The van der Waals surface area contributed by atoms with Gasteiger partial charge < -0.3 is 15.4 Å². The molecular formula is C24H21ClN4O3. The summed E-state index contributed by atoms with van der Waals surface area (Å²) in [6.07, 6.45) is 1.64. The number of carbonyl (C=O) groups excluding carboxylic acids is 2. The van der Waals surface area contributed by atoms with Gasteiger partial charge in [-0.3, -0.25) is 9.59 Å². The number of pyridine rings is 1. The van der Waals surface area contributed by atoms with Crippen LogP contribution in [0.5, 0.6) is 11.5 Å². The lowest BCUT2D eigenvalue weighted by Gasteiger charge is -2.12. The number of aryl methyl sites for hydroxylation is 2. The number of amides is 2. The fourth-order valence-electron chi connectivity index (χ4n) is 2.99. The number of nitriles is 1. The quantitative estimate of drug-likeness (QED) is 0.542. The van der Waals surface area contributed by atoms with Gasteiger partial charge in [-0.2, -0.15) is 5.26 Å². The summed E-state index contributed by atoms with van der Waals surface area (Å²) in [6, 6.07) is 14.0. The van der Waals surface area contributed by atoms with E-state index in [1.54, 1.807) is 30.3 Å². The molecule has 0 radical (unpaired) electrons. The first-order valence-electron chi connectivity index (χ1n) is 9.75. The Morgan fingerprint density at radius 2 is 1.88 bits per heavy atom. The van der Waals surface area contributed by atoms with E-state index in [1.165, 1.54) is 13.1 Å². The number of hydrogen-bond acceptors (Lipinski definition) is 5. The molecule has 2 aromatic carbocycles. The standard InChI is InChI=1S/C24H21ClN4O3/c1-14-4-5-17(9-22(14)32-20-8-18(12-26)7-19(25)11-20)10-24(31)29-21-13-27-23(6-15(21)2)28-16(3)30/h4-9,11,13H,10H2,1-3H3,(H,29,31)(H,27,28,30). The van der Waals surface area contributed by atoms with Gasteiger partial charge in [0.15, 0.2) is 0 Å². The van der Waals surface area contributed by atoms with E-state index in [1.807, 2.05) is 32.0 Å². The molecule has 0 atom stereocenters. The van der Waals surface area contributed by atoms with Crippen molar-refractivity contribution < 1.29 is 14.3 Å². The Balaban J connectivity index is 1.72. The van der Waals surface area contributed by atoms with Gasteiger partial charge in [-0.15, -0.1) is 0 Å². The minimum absolute atomic E-state index is 0.127. The molecule has 1 aromatic heterocycles. The lowest BCUT2D eigenvalue weighted by atomic mass is 10.1. The minimum Gasteiger partial charge on any atom is -0.457 e. The maximum atomic E-state index is 12.6. The van der Waals surface area contributed by atoms with Gasteiger partial charge in [0, 0.05) is 11.9 Å². The summed E-state index contributed by atoms with van der Waals surface area (Å²) in [7, 11) is 0. The van der Waals surface area contributed by atoms with Crippen molar-refractivity contribution >= 4 is 34.9 Å². The Morgan fingerprint density at radius 1 is 1.09 bits per heavy atom. The largest absolute Gasteiger partial charge is 0.457 e. The minimum atomic E-state index is -0.216. The van der Waals surface area contributed by atoms with Crippen LogP contribution in [-0.4, -0.2) is 16.8 Å². The number of aromatic nitrogens is 1. The summed E-state index contributed by atoms with van der Waals surface area (Å²) in [5.41, 5.74) is 3.37. The molecule has 32 heavy (non-hydrogen) atoms. The highest BCUT2D eigenvalue weighted by atomic mass is 35.5. The number of halogens is 1. The Kier molecular flexibility index (Phi) is 7.08. The zero-order valence-corrected chi connectivity index (χ0v) is 18.6. The second-order valence-electron chi connectivity index (χ2n) is 7.28. The maximum Gasteiger partial charge on any atom is 0.228 e. The van der Waals surface area contributed by atoms with Gasteiger partial charge in [-0.25, -0.2) is 4.98 Å². The Bertz CT molecular complexity index is 1230. The summed E-state index contributed by atoms with van der Waals surface area (Å²) in [4.78, 5) is 27.9. The van der Waals surface area contributed by atoms with Crippen LogP contribution in [0.2, 0.25) is 5.02 Å². The van der Waals surface area contributed by atoms with Crippen LogP contribution in [0, 0.1) is 25.2 Å². The number of nitrogens with zero attached hydrogens (tertiary/aromatic N) is 2. The normalized spacial score (nSPS) is 10.2. The van der Waals surface area contributed by atoms with Crippen molar-refractivity contribution in [2.24, 2.45) is 0 Å². The molecule has 0 aliphatic rings. The number of nitrogens with one attached hydrogen (secondary N) is 2. The molecule has 0 unspecified atom stereocenters. The smallest absolute Gasteiger partial charge is 0.228 e. The van der Waals surface area contributed by atoms with Crippen LogP contribution in [-0.2, 0) is 16.0 Å². The second-order valence-corrected chi connectivity index (χ2v) is 7.72. The average Bonchev–Trinajstić information content (AvgIpc) is 2.71. The zero-order valence-electron chi connectivity index (χ0n) is 17.8. The second kappa shape index (κ2) is 9.94. The number of carbonyl (C=O) groups is 2. The van der Waals surface area contributed by atoms with Crippen LogP contribution in [0.1, 0.15) is 29.2 Å². The molecular weight excluding hydrogens is 428 g/mol. The average molecular weight is 449 g/mol. The first kappa shape index (κ1) is 22.8. The zero-order chi connectivity index (χ0) is 23.3. The van der Waals surface area contributed by atoms with E-state index in [2.05, 4.69) is 15.6 Å². The van der Waals surface area contributed by atoms with Gasteiger partial charge in [0.25, 0.3) is 0 Å². The van der Waals surface area contributed by atoms with Gasteiger partial charge in [0.05, 0.1) is 29.9 Å². The number of benzene rings is 2. The monoisotopic (exact) mass is 448 g/mol. The predicted molar refractivity (Wildman–Crippen MR) is 123 cm³/mol. The van der Waals surface area contributed by atoms with E-state index in [0.29, 0.717) is 33.6 Å². The lowest BCUT2D eigenvalue weighted by molar-refractivity contribution is -0.116. The molecule has 0 saturated carbocycles. The molecule has 0 fully saturated rings. The van der Waals surface area contributed by atoms with Crippen LogP contribution < -0.4 is 15.4 Å². The highest BCUT2D eigenvalue weighted by Crippen LogP contribution is 2.29. The van der Waals surface area contributed by atoms with Crippen molar-refractivity contribution in [3.8, 4) is 17.6 Å². The van der Waals surface area contributed by atoms with Crippen molar-refractivity contribution in [1.29, 1.82) is 5.26 Å². The third-order valence-electron chi connectivity index (χ3n) is 4.53. The Morgan fingerprint density at radius 3 is 2.56 bits per heavy atom. The van der Waals surface area contributed by atoms with E-state index in [0.717, 1.165) is 16.7 Å². The summed E-state index contributed by atoms with van der Waals surface area (Å²) in [5.74, 6) is 1.01. The van der Waals surface area contributed by atoms with Crippen LogP contribution in [0.3, 0.4) is 0 Å². The molecule has 2 amide bonds. The van der Waals surface area contributed by atoms with E-state index < -0.39 is 0 Å². The Hall–Kier alpha value is -3.89. The van der Waals surface area contributed by atoms with E-state index in [-0.39, 0.29) is 18.2 Å². The van der Waals surface area contributed by atoms with Gasteiger partial charge >= 0.3 is 0 Å². The molecule has 8 heteroatoms. The molecule has 0 aliphatic carbocycles. The molecule has 0 bridgehead atoms. The molecule has 3 rings (SSSR count). The van der Waals surface area contributed by atoms with Crippen molar-refractivity contribution in [2.75, 3.05) is 10.6 Å². The lowest BCUT2D eigenvalue weighted by Crippen LogP contribution is -2.16. The van der Waals surface area contributed by atoms with Crippen LogP contribution in [0.4, 0.5) is 11.5 Å². The maximum absolute atomic E-state index is 12.6. The summed E-state index contributed by atoms with van der Waals surface area (Å²) < 4.78 is 5.93. The highest BCUT2D eigenvalue weighted by Gasteiger charge is 2.11. The number of ether oxygens (including phenoxy) is 1. The van der Waals surface area contributed by atoms with Gasteiger partial charge in [0.1, 0.15) is 17.3 Å². The van der Waals surface area contributed by atoms with E-state index in [9.17, 15) is 9.59 Å². The third kappa shape index (κ3) is 6.06. The number of rotatable bonds is 6. The van der Waals surface area contributed by atoms with Gasteiger partial charge in [-0.1, -0.05) is 23.7 Å². The molecule has 1 heterocycles. The molecule has 2 N–H and O–H groups in total. The van der Waals surface area contributed by atoms with Gasteiger partial charge in [-0.05, 0) is 60.9 Å². The topological polar surface area (TPSA) is 104 Å². The molecule has 3 aromatic rings. The SMILES string of the molecule is CC(=O)Nc1cc(C)c(NC(=O)Cc2ccc(C)c(Oc3cc(Cl)cc(C#N)c3)c2)cn1. The number of anilines is 2. The molecule has 0 spiro atoms. The van der Waals surface area contributed by atoms with Crippen LogP contribution in [0.25, 0.3) is 0 Å². The molecule has 0 aliphatic heterocycles. The summed E-state index contributed by atoms with van der Waals surface area (Å²) >= 11 is 6.05. The molecule has 162 valence electrons. The Labute approximate surface area is 191 Å². The van der Waals surface area contributed by atoms with Crippen molar-refractivity contribution in [3.63, 3.8) is 0 Å². The van der Waals surface area contributed by atoms with E-state index >= 15 is 0 Å². The van der Waals surface area contributed by atoms with Crippen LogP contribution >= 0.6 is 11.6 Å². The molecule has 0 saturated heterocycles. The fraction of sp³-hybridized carbons (Fsp3) is 0.167. The summed E-state index contributed by atoms with van der Waals surface area (Å²) in [6.45, 7) is 5.11. The van der Waals surface area contributed by atoms with Crippen LogP contribution in [0.15, 0.2) is 48.7 Å². The first-order chi connectivity index (χ1) is 15.2. The van der Waals surface area contributed by atoms with E-state index in [4.69, 9.17) is 21.6 Å². The predicted octanol–water partition coefficient (Wildman–Crippen LogP) is 5.16. The van der Waals surface area contributed by atoms with Crippen molar-refractivity contribution in [2.45, 2.75) is 27.2 Å².